The first kappa shape index (κ1) is 13.1. The Balaban J connectivity index is 2.00. The number of aromatic nitrogens is 4. The largest absolute Gasteiger partial charge is 0.373 e. The Hall–Kier alpha value is -1.91. The molecular formula is C15H21N5. The van der Waals surface area contributed by atoms with E-state index in [1.54, 1.807) is 0 Å². The summed E-state index contributed by atoms with van der Waals surface area (Å²) < 4.78 is 2.20. The number of imidazole rings is 1. The first-order valence-corrected chi connectivity index (χ1v) is 7.25. The average Bonchev–Trinajstić information content (AvgIpc) is 3.14. The van der Waals surface area contributed by atoms with Gasteiger partial charge in [-0.25, -0.2) is 15.0 Å². The molecule has 0 spiro atoms. The second-order valence-electron chi connectivity index (χ2n) is 5.83. The van der Waals surface area contributed by atoms with Crippen molar-refractivity contribution in [1.29, 1.82) is 0 Å². The van der Waals surface area contributed by atoms with Crippen LogP contribution in [0.2, 0.25) is 0 Å². The maximum Gasteiger partial charge on any atom is 0.180 e. The van der Waals surface area contributed by atoms with Gasteiger partial charge < -0.3 is 9.88 Å². The summed E-state index contributed by atoms with van der Waals surface area (Å²) in [5, 5.41) is 3.13. The zero-order valence-corrected chi connectivity index (χ0v) is 12.3. The molecule has 0 bridgehead atoms. The van der Waals surface area contributed by atoms with Crippen LogP contribution in [0.15, 0.2) is 18.6 Å². The van der Waals surface area contributed by atoms with Gasteiger partial charge in [-0.05, 0) is 25.2 Å². The number of nitrogens with one attached hydrogen (secondary N) is 1. The summed E-state index contributed by atoms with van der Waals surface area (Å²) >= 11 is 0. The summed E-state index contributed by atoms with van der Waals surface area (Å²) in [6, 6.07) is 2.62. The van der Waals surface area contributed by atoms with Crippen LogP contribution >= 0.6 is 0 Å². The monoisotopic (exact) mass is 271 g/mol. The SMILES string of the molecule is CNc1cc(CC(C)C)nc(-c2cncn2C2CC2)n1. The molecule has 0 aliphatic heterocycles. The fraction of sp³-hybridized carbons (Fsp3) is 0.533. The number of anilines is 1. The molecule has 2 aromatic rings. The standard InChI is InChI=1S/C15H21N5/c1-10(2)6-11-7-14(16-3)19-15(18-11)13-8-17-9-20(13)12-4-5-12/h7-10,12H,4-6H2,1-3H3,(H,16,18,19). The minimum absolute atomic E-state index is 0.579. The van der Waals surface area contributed by atoms with Crippen LogP contribution < -0.4 is 5.32 Å². The van der Waals surface area contributed by atoms with Gasteiger partial charge in [0.25, 0.3) is 0 Å². The lowest BCUT2D eigenvalue weighted by Gasteiger charge is -2.11. The molecule has 5 nitrogen and oxygen atoms in total. The molecule has 20 heavy (non-hydrogen) atoms. The van der Waals surface area contributed by atoms with Crippen LogP contribution in [0.25, 0.3) is 11.5 Å². The molecule has 1 aliphatic carbocycles. The van der Waals surface area contributed by atoms with E-state index in [1.807, 2.05) is 25.6 Å². The molecule has 0 aromatic carbocycles. The highest BCUT2D eigenvalue weighted by Crippen LogP contribution is 2.37. The second-order valence-corrected chi connectivity index (χ2v) is 5.83. The van der Waals surface area contributed by atoms with Crippen LogP contribution in [0, 0.1) is 5.92 Å². The van der Waals surface area contributed by atoms with Gasteiger partial charge in [0.05, 0.1) is 12.5 Å². The Labute approximate surface area is 119 Å². The Morgan fingerprint density at radius 1 is 1.35 bits per heavy atom. The van der Waals surface area contributed by atoms with E-state index in [1.165, 1.54) is 12.8 Å². The normalized spacial score (nSPS) is 14.8. The minimum atomic E-state index is 0.579. The molecule has 5 heteroatoms. The van der Waals surface area contributed by atoms with Crippen LogP contribution in [0.1, 0.15) is 38.4 Å². The third kappa shape index (κ3) is 2.66. The Morgan fingerprint density at radius 3 is 2.80 bits per heavy atom. The Morgan fingerprint density at radius 2 is 2.15 bits per heavy atom. The van der Waals surface area contributed by atoms with Crippen molar-refractivity contribution in [2.24, 2.45) is 5.92 Å². The molecular weight excluding hydrogens is 250 g/mol. The van der Waals surface area contributed by atoms with Gasteiger partial charge >= 0.3 is 0 Å². The van der Waals surface area contributed by atoms with E-state index in [4.69, 9.17) is 4.98 Å². The molecule has 0 atom stereocenters. The number of nitrogens with zero attached hydrogens (tertiary/aromatic N) is 4. The lowest BCUT2D eigenvalue weighted by atomic mass is 10.1. The molecule has 3 rings (SSSR count). The maximum absolute atomic E-state index is 4.72. The molecule has 0 radical (unpaired) electrons. The second kappa shape index (κ2) is 5.23. The fourth-order valence-electron chi connectivity index (χ4n) is 2.38. The van der Waals surface area contributed by atoms with Gasteiger partial charge in [-0.2, -0.15) is 0 Å². The summed E-state index contributed by atoms with van der Waals surface area (Å²) in [5.74, 6) is 2.22. The van der Waals surface area contributed by atoms with Gasteiger partial charge in [0.1, 0.15) is 11.5 Å². The lowest BCUT2D eigenvalue weighted by molar-refractivity contribution is 0.634. The predicted molar refractivity (Wildman–Crippen MR) is 79.6 cm³/mol. The first-order chi connectivity index (χ1) is 9.67. The highest BCUT2D eigenvalue weighted by atomic mass is 15.1. The van der Waals surface area contributed by atoms with Crippen LogP contribution in [-0.4, -0.2) is 26.6 Å². The molecule has 1 aliphatic rings. The van der Waals surface area contributed by atoms with Crippen LogP contribution in [0.5, 0.6) is 0 Å². The van der Waals surface area contributed by atoms with Crippen molar-refractivity contribution in [2.75, 3.05) is 12.4 Å². The van der Waals surface area contributed by atoms with Crippen LogP contribution in [-0.2, 0) is 6.42 Å². The van der Waals surface area contributed by atoms with E-state index in [9.17, 15) is 0 Å². The summed E-state index contributed by atoms with van der Waals surface area (Å²) in [6.45, 7) is 4.41. The smallest absolute Gasteiger partial charge is 0.180 e. The zero-order chi connectivity index (χ0) is 14.1. The molecule has 1 fully saturated rings. The molecule has 0 amide bonds. The summed E-state index contributed by atoms with van der Waals surface area (Å²) in [4.78, 5) is 13.6. The average molecular weight is 271 g/mol. The third-order valence-electron chi connectivity index (χ3n) is 3.49. The quantitative estimate of drug-likeness (QED) is 0.908. The molecule has 0 unspecified atom stereocenters. The minimum Gasteiger partial charge on any atom is -0.373 e. The predicted octanol–water partition coefficient (Wildman–Crippen LogP) is 2.92. The van der Waals surface area contributed by atoms with Gasteiger partial charge in [0.2, 0.25) is 0 Å². The Kier molecular flexibility index (Phi) is 3.42. The van der Waals surface area contributed by atoms with Gasteiger partial charge in [0.15, 0.2) is 5.82 Å². The van der Waals surface area contributed by atoms with E-state index in [-0.39, 0.29) is 0 Å². The van der Waals surface area contributed by atoms with Crippen molar-refractivity contribution < 1.29 is 0 Å². The van der Waals surface area contributed by atoms with E-state index in [0.29, 0.717) is 12.0 Å². The fourth-order valence-corrected chi connectivity index (χ4v) is 2.38. The van der Waals surface area contributed by atoms with Crippen molar-refractivity contribution in [1.82, 2.24) is 19.5 Å². The zero-order valence-electron chi connectivity index (χ0n) is 12.3. The number of rotatable bonds is 5. The van der Waals surface area contributed by atoms with Crippen molar-refractivity contribution in [3.8, 4) is 11.5 Å². The highest BCUT2D eigenvalue weighted by Gasteiger charge is 2.26. The maximum atomic E-state index is 4.72. The summed E-state index contributed by atoms with van der Waals surface area (Å²) in [6.07, 6.45) is 7.18. The number of hydrogen-bond donors (Lipinski definition) is 1. The van der Waals surface area contributed by atoms with Crippen LogP contribution in [0.4, 0.5) is 5.82 Å². The van der Waals surface area contributed by atoms with Gasteiger partial charge in [0, 0.05) is 24.8 Å². The summed E-state index contributed by atoms with van der Waals surface area (Å²) in [5.41, 5.74) is 2.10. The first-order valence-electron chi connectivity index (χ1n) is 7.25. The van der Waals surface area contributed by atoms with Crippen molar-refractivity contribution in [2.45, 2.75) is 39.2 Å². The van der Waals surface area contributed by atoms with E-state index >= 15 is 0 Å². The van der Waals surface area contributed by atoms with Gasteiger partial charge in [-0.1, -0.05) is 13.8 Å². The van der Waals surface area contributed by atoms with E-state index in [0.717, 1.165) is 29.5 Å². The van der Waals surface area contributed by atoms with E-state index in [2.05, 4.69) is 33.7 Å². The molecule has 106 valence electrons. The molecule has 1 N–H and O–H groups in total. The third-order valence-corrected chi connectivity index (χ3v) is 3.49. The van der Waals surface area contributed by atoms with E-state index < -0.39 is 0 Å². The number of hydrogen-bond acceptors (Lipinski definition) is 4. The lowest BCUT2D eigenvalue weighted by Crippen LogP contribution is -2.06. The Bertz CT molecular complexity index is 598. The van der Waals surface area contributed by atoms with Crippen LogP contribution in [0.3, 0.4) is 0 Å². The van der Waals surface area contributed by atoms with Gasteiger partial charge in [-0.3, -0.25) is 0 Å². The molecule has 2 heterocycles. The van der Waals surface area contributed by atoms with Crippen molar-refractivity contribution in [3.05, 3.63) is 24.3 Å². The highest BCUT2D eigenvalue weighted by molar-refractivity contribution is 5.53. The van der Waals surface area contributed by atoms with Gasteiger partial charge in [-0.15, -0.1) is 0 Å². The molecule has 2 aromatic heterocycles. The topological polar surface area (TPSA) is 55.6 Å². The van der Waals surface area contributed by atoms with Crippen molar-refractivity contribution in [3.63, 3.8) is 0 Å². The molecule has 0 saturated heterocycles. The molecule has 1 saturated carbocycles. The van der Waals surface area contributed by atoms with Crippen molar-refractivity contribution >= 4 is 5.82 Å². The summed E-state index contributed by atoms with van der Waals surface area (Å²) in [7, 11) is 1.89.